The van der Waals surface area contributed by atoms with Gasteiger partial charge >= 0.3 is 0 Å². The highest BCUT2D eigenvalue weighted by molar-refractivity contribution is 7.92. The molecule has 2 aromatic rings. The predicted octanol–water partition coefficient (Wildman–Crippen LogP) is 3.71. The zero-order valence-electron chi connectivity index (χ0n) is 16.1. The summed E-state index contributed by atoms with van der Waals surface area (Å²) in [6, 6.07) is 5.72. The highest BCUT2D eigenvalue weighted by Gasteiger charge is 2.51. The summed E-state index contributed by atoms with van der Waals surface area (Å²) in [7, 11) is -3.37. The fourth-order valence-corrected chi connectivity index (χ4v) is 6.86. The van der Waals surface area contributed by atoms with Crippen molar-refractivity contribution in [3.8, 4) is 0 Å². The van der Waals surface area contributed by atoms with Gasteiger partial charge in [-0.2, -0.15) is 0 Å². The number of carbonyl (C=O) groups excluding carboxylic acids is 1. The standard InChI is InChI=1S/C19H25N3O3S2/c1-18(2)8-13-9-19(3,10-18)11-22(13)16(23)12-5-6-14-15(7-12)26-17(20-14)21-27(4,24)25/h5-7,13H,8-11H2,1-4H3,(H,20,21)/t13-,19-/m0/s1. The summed E-state index contributed by atoms with van der Waals surface area (Å²) in [6.45, 7) is 7.70. The third kappa shape index (κ3) is 3.69. The molecule has 2 fully saturated rings. The van der Waals surface area contributed by atoms with Gasteiger partial charge in [0.1, 0.15) is 0 Å². The molecule has 1 aromatic carbocycles. The number of nitrogens with one attached hydrogen (secondary N) is 1. The maximum atomic E-state index is 13.2. The largest absolute Gasteiger partial charge is 0.335 e. The minimum atomic E-state index is -3.37. The van der Waals surface area contributed by atoms with Crippen LogP contribution in [-0.4, -0.2) is 43.1 Å². The van der Waals surface area contributed by atoms with Gasteiger partial charge < -0.3 is 4.90 Å². The van der Waals surface area contributed by atoms with Crippen LogP contribution in [0.3, 0.4) is 0 Å². The Labute approximate surface area is 164 Å². The van der Waals surface area contributed by atoms with E-state index in [9.17, 15) is 13.2 Å². The topological polar surface area (TPSA) is 79.4 Å². The molecule has 1 aromatic heterocycles. The van der Waals surface area contributed by atoms with Crippen LogP contribution in [0.25, 0.3) is 10.2 Å². The van der Waals surface area contributed by atoms with E-state index in [1.165, 1.54) is 11.3 Å². The third-order valence-electron chi connectivity index (χ3n) is 5.58. The number of amides is 1. The molecule has 1 aliphatic heterocycles. The van der Waals surface area contributed by atoms with E-state index in [4.69, 9.17) is 0 Å². The second-order valence-electron chi connectivity index (χ2n) is 9.22. The first-order valence-electron chi connectivity index (χ1n) is 9.13. The normalized spacial score (nSPS) is 27.1. The second-order valence-corrected chi connectivity index (χ2v) is 12.0. The van der Waals surface area contributed by atoms with Crippen LogP contribution in [0.5, 0.6) is 0 Å². The molecule has 1 N–H and O–H groups in total. The van der Waals surface area contributed by atoms with Crippen molar-refractivity contribution in [2.75, 3.05) is 17.5 Å². The average Bonchev–Trinajstić information content (AvgIpc) is 2.99. The number of aromatic nitrogens is 1. The molecule has 6 nitrogen and oxygen atoms in total. The Kier molecular flexibility index (Phi) is 4.09. The smallest absolute Gasteiger partial charge is 0.254 e. The van der Waals surface area contributed by atoms with Crippen LogP contribution in [0.1, 0.15) is 50.4 Å². The zero-order valence-corrected chi connectivity index (χ0v) is 17.7. The quantitative estimate of drug-likeness (QED) is 0.841. The van der Waals surface area contributed by atoms with Gasteiger partial charge in [-0.15, -0.1) is 0 Å². The van der Waals surface area contributed by atoms with Crippen molar-refractivity contribution in [3.63, 3.8) is 0 Å². The highest BCUT2D eigenvalue weighted by atomic mass is 32.2. The lowest BCUT2D eigenvalue weighted by Gasteiger charge is -2.39. The zero-order chi connectivity index (χ0) is 19.6. The molecular weight excluding hydrogens is 382 g/mol. The summed E-state index contributed by atoms with van der Waals surface area (Å²) in [6.07, 6.45) is 4.36. The predicted molar refractivity (Wildman–Crippen MR) is 109 cm³/mol. The monoisotopic (exact) mass is 407 g/mol. The van der Waals surface area contributed by atoms with Gasteiger partial charge in [-0.3, -0.25) is 9.52 Å². The molecule has 1 saturated carbocycles. The number of benzene rings is 1. The fraction of sp³-hybridized carbons (Fsp3) is 0.579. The fourth-order valence-electron chi connectivity index (χ4n) is 5.12. The van der Waals surface area contributed by atoms with Crippen molar-refractivity contribution in [2.45, 2.75) is 46.1 Å². The van der Waals surface area contributed by atoms with Crippen molar-refractivity contribution in [3.05, 3.63) is 23.8 Å². The van der Waals surface area contributed by atoms with Gasteiger partial charge in [0.2, 0.25) is 10.0 Å². The van der Waals surface area contributed by atoms with E-state index in [1.807, 2.05) is 11.0 Å². The molecule has 1 aliphatic carbocycles. The number of rotatable bonds is 3. The number of sulfonamides is 1. The van der Waals surface area contributed by atoms with Crippen LogP contribution in [-0.2, 0) is 10.0 Å². The van der Waals surface area contributed by atoms with E-state index in [1.54, 1.807) is 12.1 Å². The lowest BCUT2D eigenvalue weighted by molar-refractivity contribution is 0.0708. The molecule has 1 amide bonds. The minimum absolute atomic E-state index is 0.0642. The Hall–Kier alpha value is -1.67. The Bertz CT molecular complexity index is 1030. The SMILES string of the molecule is CC1(C)C[C@H]2C[C@](C)(CN2C(=O)c2ccc3nc(NS(C)(=O)=O)sc3c2)C1. The van der Waals surface area contributed by atoms with Gasteiger partial charge in [0.05, 0.1) is 16.5 Å². The molecule has 146 valence electrons. The summed E-state index contributed by atoms with van der Waals surface area (Å²) in [5, 5.41) is 0.323. The van der Waals surface area contributed by atoms with Crippen LogP contribution in [0.4, 0.5) is 5.13 Å². The number of anilines is 1. The van der Waals surface area contributed by atoms with Crippen molar-refractivity contribution in [2.24, 2.45) is 10.8 Å². The Morgan fingerprint density at radius 1 is 1.30 bits per heavy atom. The Balaban J connectivity index is 1.62. The van der Waals surface area contributed by atoms with Crippen molar-refractivity contribution in [1.82, 2.24) is 9.88 Å². The number of likely N-dealkylation sites (tertiary alicyclic amines) is 1. The van der Waals surface area contributed by atoms with Crippen LogP contribution in [0.15, 0.2) is 18.2 Å². The van der Waals surface area contributed by atoms with Gasteiger partial charge in [-0.25, -0.2) is 13.4 Å². The first-order valence-corrected chi connectivity index (χ1v) is 11.8. The van der Waals surface area contributed by atoms with Gasteiger partial charge in [0, 0.05) is 18.2 Å². The van der Waals surface area contributed by atoms with E-state index in [0.717, 1.165) is 36.8 Å². The third-order valence-corrected chi connectivity index (χ3v) is 7.21. The summed E-state index contributed by atoms with van der Waals surface area (Å²) in [4.78, 5) is 19.6. The summed E-state index contributed by atoms with van der Waals surface area (Å²) in [5.74, 6) is 0.0642. The number of hydrogen-bond donors (Lipinski definition) is 1. The number of hydrogen-bond acceptors (Lipinski definition) is 5. The molecule has 2 aliphatic rings. The Morgan fingerprint density at radius 3 is 2.74 bits per heavy atom. The number of nitrogens with zero attached hydrogens (tertiary/aromatic N) is 2. The van der Waals surface area contributed by atoms with Crippen LogP contribution < -0.4 is 4.72 Å². The van der Waals surface area contributed by atoms with Gasteiger partial charge in [-0.1, -0.05) is 32.1 Å². The minimum Gasteiger partial charge on any atom is -0.335 e. The lowest BCUT2D eigenvalue weighted by atomic mass is 9.65. The van der Waals surface area contributed by atoms with Crippen LogP contribution in [0.2, 0.25) is 0 Å². The molecule has 2 atom stereocenters. The maximum Gasteiger partial charge on any atom is 0.254 e. The van der Waals surface area contributed by atoms with E-state index < -0.39 is 10.0 Å². The second kappa shape index (κ2) is 5.91. The molecule has 0 spiro atoms. The van der Waals surface area contributed by atoms with E-state index in [0.29, 0.717) is 22.3 Å². The molecular formula is C19H25N3O3S2. The molecule has 8 heteroatoms. The first-order chi connectivity index (χ1) is 12.4. The molecule has 2 heterocycles. The first kappa shape index (κ1) is 18.7. The van der Waals surface area contributed by atoms with Crippen LogP contribution >= 0.6 is 11.3 Å². The van der Waals surface area contributed by atoms with E-state index in [-0.39, 0.29) is 16.7 Å². The summed E-state index contributed by atoms with van der Waals surface area (Å²) in [5.41, 5.74) is 1.80. The van der Waals surface area contributed by atoms with E-state index in [2.05, 4.69) is 30.5 Å². The molecule has 4 rings (SSSR count). The van der Waals surface area contributed by atoms with Gasteiger partial charge in [0.15, 0.2) is 5.13 Å². The number of carbonyl (C=O) groups is 1. The molecule has 2 bridgehead atoms. The van der Waals surface area contributed by atoms with Crippen molar-refractivity contribution in [1.29, 1.82) is 0 Å². The summed E-state index contributed by atoms with van der Waals surface area (Å²) >= 11 is 1.24. The highest BCUT2D eigenvalue weighted by Crippen LogP contribution is 2.52. The lowest BCUT2D eigenvalue weighted by Crippen LogP contribution is -2.37. The van der Waals surface area contributed by atoms with E-state index >= 15 is 0 Å². The maximum absolute atomic E-state index is 13.2. The number of fused-ring (bicyclic) bond motifs is 3. The van der Waals surface area contributed by atoms with Crippen LogP contribution in [0, 0.1) is 10.8 Å². The summed E-state index contributed by atoms with van der Waals surface area (Å²) < 4.78 is 26.0. The van der Waals surface area contributed by atoms with Gasteiger partial charge in [0.25, 0.3) is 5.91 Å². The van der Waals surface area contributed by atoms with Crippen molar-refractivity contribution >= 4 is 42.6 Å². The number of thiazole rings is 1. The molecule has 0 unspecified atom stereocenters. The van der Waals surface area contributed by atoms with Gasteiger partial charge in [-0.05, 0) is 48.3 Å². The van der Waals surface area contributed by atoms with Crippen molar-refractivity contribution < 1.29 is 13.2 Å². The Morgan fingerprint density at radius 2 is 2.04 bits per heavy atom. The molecule has 0 radical (unpaired) electrons. The average molecular weight is 408 g/mol. The molecule has 27 heavy (non-hydrogen) atoms. The molecule has 1 saturated heterocycles.